The van der Waals surface area contributed by atoms with Crippen LogP contribution in [0.3, 0.4) is 0 Å². The topological polar surface area (TPSA) is 79.3 Å². The molecule has 1 atom stereocenters. The summed E-state index contributed by atoms with van der Waals surface area (Å²) >= 11 is 0. The van der Waals surface area contributed by atoms with Crippen molar-refractivity contribution in [2.45, 2.75) is 12.5 Å². The van der Waals surface area contributed by atoms with Gasteiger partial charge < -0.3 is 19.5 Å². The van der Waals surface area contributed by atoms with E-state index in [0.29, 0.717) is 31.7 Å². The molecule has 0 radical (unpaired) electrons. The van der Waals surface area contributed by atoms with E-state index in [4.69, 9.17) is 9.47 Å². The lowest BCUT2D eigenvalue weighted by molar-refractivity contribution is -0.140. The molecule has 33 heavy (non-hydrogen) atoms. The van der Waals surface area contributed by atoms with Crippen LogP contribution in [0.25, 0.3) is 5.76 Å². The highest BCUT2D eigenvalue weighted by atomic mass is 19.1. The van der Waals surface area contributed by atoms with Crippen molar-refractivity contribution in [3.63, 3.8) is 0 Å². The Morgan fingerprint density at radius 3 is 2.52 bits per heavy atom. The second-order valence-electron chi connectivity index (χ2n) is 8.06. The van der Waals surface area contributed by atoms with Crippen LogP contribution in [0.4, 0.5) is 4.39 Å². The Morgan fingerprint density at radius 2 is 1.85 bits per heavy atom. The Labute approximate surface area is 192 Å². The van der Waals surface area contributed by atoms with Gasteiger partial charge in [-0.2, -0.15) is 0 Å². The number of Topliss-reactive ketones (excluding diaryl/α,β-unsaturated/α-hetero) is 1. The smallest absolute Gasteiger partial charge is 0.295 e. The molecule has 2 aromatic rings. The second kappa shape index (κ2) is 10.1. The number of ether oxygens (including phenoxy) is 2. The number of carbonyl (C=O) groups is 2. The van der Waals surface area contributed by atoms with E-state index in [2.05, 4.69) is 4.90 Å². The number of likely N-dealkylation sites (tertiary alicyclic amines) is 1. The predicted molar refractivity (Wildman–Crippen MR) is 120 cm³/mol. The van der Waals surface area contributed by atoms with Gasteiger partial charge in [0.1, 0.15) is 5.76 Å². The first-order chi connectivity index (χ1) is 16.0. The molecule has 0 spiro atoms. The lowest BCUT2D eigenvalue weighted by Crippen LogP contribution is -2.38. The number of aliphatic hydroxyl groups excluding tert-OH is 1. The monoisotopic (exact) mass is 454 g/mol. The van der Waals surface area contributed by atoms with Crippen LogP contribution in [-0.2, 0) is 14.3 Å². The number of carbonyl (C=O) groups excluding carboxylic acids is 2. The van der Waals surface area contributed by atoms with Crippen LogP contribution in [0.5, 0.6) is 5.75 Å². The van der Waals surface area contributed by atoms with E-state index >= 15 is 0 Å². The molecule has 2 fully saturated rings. The third-order valence-corrected chi connectivity index (χ3v) is 6.06. The predicted octanol–water partition coefficient (Wildman–Crippen LogP) is 2.98. The average Bonchev–Trinajstić information content (AvgIpc) is 3.10. The molecule has 2 heterocycles. The van der Waals surface area contributed by atoms with Gasteiger partial charge >= 0.3 is 0 Å². The summed E-state index contributed by atoms with van der Waals surface area (Å²) in [6, 6.07) is 12.3. The van der Waals surface area contributed by atoms with Crippen molar-refractivity contribution in [1.82, 2.24) is 9.80 Å². The van der Waals surface area contributed by atoms with Gasteiger partial charge in [0.2, 0.25) is 0 Å². The Balaban J connectivity index is 1.66. The Bertz CT molecular complexity index is 1050. The van der Waals surface area contributed by atoms with Crippen LogP contribution in [0.2, 0.25) is 0 Å². The molecular weight excluding hydrogens is 427 g/mol. The van der Waals surface area contributed by atoms with E-state index in [-0.39, 0.29) is 16.9 Å². The summed E-state index contributed by atoms with van der Waals surface area (Å²) in [6.07, 6.45) is 0.674. The van der Waals surface area contributed by atoms with E-state index < -0.39 is 29.3 Å². The summed E-state index contributed by atoms with van der Waals surface area (Å²) in [5, 5.41) is 11.0. The first kappa shape index (κ1) is 22.9. The molecule has 2 aromatic carbocycles. The fourth-order valence-electron chi connectivity index (χ4n) is 4.35. The van der Waals surface area contributed by atoms with Crippen LogP contribution in [-0.4, -0.2) is 73.1 Å². The first-order valence-corrected chi connectivity index (χ1v) is 11.0. The largest absolute Gasteiger partial charge is 0.507 e. The Hall–Kier alpha value is -3.23. The summed E-state index contributed by atoms with van der Waals surface area (Å²) in [4.78, 5) is 29.8. The molecule has 2 aliphatic heterocycles. The molecule has 0 bridgehead atoms. The summed E-state index contributed by atoms with van der Waals surface area (Å²) in [5.41, 5.74) is 0.779. The highest BCUT2D eigenvalue weighted by molar-refractivity contribution is 6.46. The van der Waals surface area contributed by atoms with Crippen molar-refractivity contribution in [3.05, 3.63) is 71.0 Å². The number of rotatable bonds is 7. The number of aliphatic hydroxyl groups is 1. The SMILES string of the molecule is COc1ccc(C(O)=C2C(=O)C(=O)N(CCCN3CCOCC3)[C@@H]2c2ccccc2)cc1F. The van der Waals surface area contributed by atoms with Gasteiger partial charge in [-0.05, 0) is 30.2 Å². The Morgan fingerprint density at radius 1 is 1.12 bits per heavy atom. The van der Waals surface area contributed by atoms with Gasteiger partial charge in [-0.3, -0.25) is 14.5 Å². The summed E-state index contributed by atoms with van der Waals surface area (Å²) in [6.45, 7) is 4.18. The molecule has 174 valence electrons. The van der Waals surface area contributed by atoms with Crippen LogP contribution < -0.4 is 4.74 Å². The fourth-order valence-corrected chi connectivity index (χ4v) is 4.35. The molecule has 1 N–H and O–H groups in total. The number of morpholine rings is 1. The molecule has 0 saturated carbocycles. The number of methoxy groups -OCH3 is 1. The maximum atomic E-state index is 14.3. The molecule has 2 saturated heterocycles. The second-order valence-corrected chi connectivity index (χ2v) is 8.06. The zero-order chi connectivity index (χ0) is 23.4. The number of amides is 1. The highest BCUT2D eigenvalue weighted by Crippen LogP contribution is 2.39. The zero-order valence-electron chi connectivity index (χ0n) is 18.5. The van der Waals surface area contributed by atoms with Crippen LogP contribution in [0.1, 0.15) is 23.6 Å². The van der Waals surface area contributed by atoms with Crippen LogP contribution in [0, 0.1) is 5.82 Å². The van der Waals surface area contributed by atoms with Crippen molar-refractivity contribution in [3.8, 4) is 5.75 Å². The molecule has 0 aromatic heterocycles. The molecule has 0 aliphatic carbocycles. The minimum Gasteiger partial charge on any atom is -0.507 e. The number of hydrogen-bond acceptors (Lipinski definition) is 6. The lowest BCUT2D eigenvalue weighted by Gasteiger charge is -2.29. The van der Waals surface area contributed by atoms with Gasteiger partial charge in [0.15, 0.2) is 11.6 Å². The van der Waals surface area contributed by atoms with Crippen molar-refractivity contribution >= 4 is 17.4 Å². The third kappa shape index (κ3) is 4.77. The number of ketones is 1. The van der Waals surface area contributed by atoms with E-state index in [9.17, 15) is 19.1 Å². The highest BCUT2D eigenvalue weighted by Gasteiger charge is 2.45. The number of hydrogen-bond donors (Lipinski definition) is 1. The summed E-state index contributed by atoms with van der Waals surface area (Å²) in [5.74, 6) is -2.49. The average molecular weight is 454 g/mol. The maximum absolute atomic E-state index is 14.3. The van der Waals surface area contributed by atoms with E-state index in [1.165, 1.54) is 24.1 Å². The summed E-state index contributed by atoms with van der Waals surface area (Å²) in [7, 11) is 1.34. The molecule has 7 nitrogen and oxygen atoms in total. The van der Waals surface area contributed by atoms with Gasteiger partial charge in [-0.25, -0.2) is 4.39 Å². The van der Waals surface area contributed by atoms with E-state index in [1.54, 1.807) is 0 Å². The molecule has 0 unspecified atom stereocenters. The van der Waals surface area contributed by atoms with Crippen molar-refractivity contribution in [2.24, 2.45) is 0 Å². The van der Waals surface area contributed by atoms with Crippen molar-refractivity contribution in [1.29, 1.82) is 0 Å². The van der Waals surface area contributed by atoms with Crippen molar-refractivity contribution in [2.75, 3.05) is 46.5 Å². The van der Waals surface area contributed by atoms with Crippen LogP contribution in [0.15, 0.2) is 54.1 Å². The lowest BCUT2D eigenvalue weighted by atomic mass is 9.95. The Kier molecular flexibility index (Phi) is 7.05. The van der Waals surface area contributed by atoms with E-state index in [1.807, 2.05) is 30.3 Å². The maximum Gasteiger partial charge on any atom is 0.295 e. The van der Waals surface area contributed by atoms with Gasteiger partial charge in [0.05, 0.1) is 31.9 Å². The zero-order valence-corrected chi connectivity index (χ0v) is 18.5. The molecular formula is C25H27FN2O5. The summed E-state index contributed by atoms with van der Waals surface area (Å²) < 4.78 is 24.6. The number of nitrogens with zero attached hydrogens (tertiary/aromatic N) is 2. The fraction of sp³-hybridized carbons (Fsp3) is 0.360. The minimum atomic E-state index is -0.774. The first-order valence-electron chi connectivity index (χ1n) is 11.0. The van der Waals surface area contributed by atoms with Gasteiger partial charge in [-0.15, -0.1) is 0 Å². The molecule has 8 heteroatoms. The third-order valence-electron chi connectivity index (χ3n) is 6.06. The van der Waals surface area contributed by atoms with Crippen LogP contribution >= 0.6 is 0 Å². The minimum absolute atomic E-state index is 0.0229. The quantitative estimate of drug-likeness (QED) is 0.394. The van der Waals surface area contributed by atoms with Gasteiger partial charge in [0, 0.05) is 31.7 Å². The van der Waals surface area contributed by atoms with Crippen molar-refractivity contribution < 1.29 is 28.6 Å². The molecule has 1 amide bonds. The number of halogens is 1. The van der Waals surface area contributed by atoms with Gasteiger partial charge in [0.25, 0.3) is 11.7 Å². The van der Waals surface area contributed by atoms with Gasteiger partial charge in [-0.1, -0.05) is 30.3 Å². The molecule has 4 rings (SSSR count). The van der Waals surface area contributed by atoms with E-state index in [0.717, 1.165) is 25.7 Å². The normalized spacial score (nSPS) is 20.9. The number of benzene rings is 2. The standard InChI is InChI=1S/C25H27FN2O5/c1-32-20-9-8-18(16-19(20)26)23(29)21-22(17-6-3-2-4-7-17)28(25(31)24(21)30)11-5-10-27-12-14-33-15-13-27/h2-4,6-9,16,22,29H,5,10-15H2,1H3/t22-/m1/s1. The molecule has 2 aliphatic rings.